The van der Waals surface area contributed by atoms with Crippen LogP contribution < -0.4 is 0 Å². The smallest absolute Gasteiger partial charge is 0.108 e. The van der Waals surface area contributed by atoms with Crippen LogP contribution in [0.5, 0.6) is 0 Å². The Morgan fingerprint density at radius 1 is 1.21 bits per heavy atom. The van der Waals surface area contributed by atoms with Crippen LogP contribution in [0.3, 0.4) is 0 Å². The van der Waals surface area contributed by atoms with Crippen molar-refractivity contribution in [1.29, 1.82) is 0 Å². The second-order valence-electron chi connectivity index (χ2n) is 3.06. The summed E-state index contributed by atoms with van der Waals surface area (Å²) in [5, 5.41) is 19.9. The van der Waals surface area contributed by atoms with Gasteiger partial charge in [0, 0.05) is 15.6 Å². The zero-order valence-corrected chi connectivity index (χ0v) is 9.26. The summed E-state index contributed by atoms with van der Waals surface area (Å²) < 4.78 is 0. The fourth-order valence-corrected chi connectivity index (χ4v) is 1.83. The van der Waals surface area contributed by atoms with E-state index in [9.17, 15) is 10.2 Å². The van der Waals surface area contributed by atoms with E-state index in [1.807, 2.05) is 0 Å². The molecule has 2 atom stereocenters. The van der Waals surface area contributed by atoms with E-state index < -0.39 is 12.2 Å². The number of hydrogen-bond acceptors (Lipinski definition) is 2. The molecule has 2 N–H and O–H groups in total. The van der Waals surface area contributed by atoms with Crippen LogP contribution >= 0.6 is 23.2 Å². The molecule has 0 bridgehead atoms. The normalized spacial score (nSPS) is 15.2. The molecule has 0 heterocycles. The van der Waals surface area contributed by atoms with Gasteiger partial charge < -0.3 is 10.2 Å². The molecule has 78 valence electrons. The Morgan fingerprint density at radius 3 is 2.14 bits per heavy atom. The average Bonchev–Trinajstić information content (AvgIpc) is 2.16. The Morgan fingerprint density at radius 2 is 1.71 bits per heavy atom. The molecule has 1 rings (SSSR count). The quantitative estimate of drug-likeness (QED) is 0.845. The second kappa shape index (κ2) is 4.99. The van der Waals surface area contributed by atoms with Gasteiger partial charge in [0.2, 0.25) is 0 Å². The van der Waals surface area contributed by atoms with E-state index in [1.165, 1.54) is 0 Å². The van der Waals surface area contributed by atoms with Crippen LogP contribution in [0.1, 0.15) is 25.0 Å². The summed E-state index contributed by atoms with van der Waals surface area (Å²) in [4.78, 5) is 0. The number of rotatable bonds is 3. The molecule has 0 unspecified atom stereocenters. The Bertz CT molecular complexity index is 295. The van der Waals surface area contributed by atoms with E-state index in [1.54, 1.807) is 25.1 Å². The molecule has 0 radical (unpaired) electrons. The standard InChI is InChI=1S/C10H12Cl2O2/c1-2-8(13)10(14)9-6(11)4-3-5-7(9)12/h3-5,8,10,13-14H,2H2,1H3/t8-,10+/m1/s1. The number of benzene rings is 1. The molecule has 0 aliphatic carbocycles. The molecule has 14 heavy (non-hydrogen) atoms. The molecule has 0 spiro atoms. The maximum atomic E-state index is 9.73. The summed E-state index contributed by atoms with van der Waals surface area (Å²) in [5.74, 6) is 0. The highest BCUT2D eigenvalue weighted by Crippen LogP contribution is 2.32. The fraction of sp³-hybridized carbons (Fsp3) is 0.400. The summed E-state index contributed by atoms with van der Waals surface area (Å²) in [5.41, 5.74) is 0.394. The number of aliphatic hydroxyl groups is 2. The lowest BCUT2D eigenvalue weighted by atomic mass is 10.0. The average molecular weight is 235 g/mol. The van der Waals surface area contributed by atoms with Crippen molar-refractivity contribution in [3.05, 3.63) is 33.8 Å². The van der Waals surface area contributed by atoms with Gasteiger partial charge in [-0.15, -0.1) is 0 Å². The van der Waals surface area contributed by atoms with Gasteiger partial charge in [0.1, 0.15) is 6.10 Å². The maximum Gasteiger partial charge on any atom is 0.108 e. The van der Waals surface area contributed by atoms with Crippen LogP contribution in [0.15, 0.2) is 18.2 Å². The number of hydrogen-bond donors (Lipinski definition) is 2. The first-order chi connectivity index (χ1) is 6.57. The second-order valence-corrected chi connectivity index (χ2v) is 3.87. The van der Waals surface area contributed by atoms with Crippen LogP contribution in [0.2, 0.25) is 10.0 Å². The molecule has 1 aromatic carbocycles. The van der Waals surface area contributed by atoms with Crippen LogP contribution in [-0.4, -0.2) is 16.3 Å². The maximum absolute atomic E-state index is 9.73. The van der Waals surface area contributed by atoms with E-state index >= 15 is 0 Å². The topological polar surface area (TPSA) is 40.5 Å². The lowest BCUT2D eigenvalue weighted by Gasteiger charge is -2.18. The first-order valence-corrected chi connectivity index (χ1v) is 5.13. The van der Waals surface area contributed by atoms with Gasteiger partial charge in [0.15, 0.2) is 0 Å². The van der Waals surface area contributed by atoms with Gasteiger partial charge in [0.05, 0.1) is 6.10 Å². The minimum absolute atomic E-state index is 0.373. The summed E-state index contributed by atoms with van der Waals surface area (Å²) in [6.45, 7) is 1.78. The van der Waals surface area contributed by atoms with Crippen molar-refractivity contribution in [2.75, 3.05) is 0 Å². The van der Waals surface area contributed by atoms with Gasteiger partial charge in [-0.2, -0.15) is 0 Å². The molecule has 1 aromatic rings. The fourth-order valence-electron chi connectivity index (χ4n) is 1.21. The molecule has 0 fully saturated rings. The van der Waals surface area contributed by atoms with Crippen molar-refractivity contribution in [1.82, 2.24) is 0 Å². The summed E-state index contributed by atoms with van der Waals surface area (Å²) in [6, 6.07) is 4.96. The lowest BCUT2D eigenvalue weighted by molar-refractivity contribution is 0.0166. The largest absolute Gasteiger partial charge is 0.390 e. The highest BCUT2D eigenvalue weighted by Gasteiger charge is 2.21. The summed E-state index contributed by atoms with van der Waals surface area (Å²) in [6.07, 6.45) is -1.42. The molecular formula is C10H12Cl2O2. The van der Waals surface area contributed by atoms with E-state index in [2.05, 4.69) is 0 Å². The summed E-state index contributed by atoms with van der Waals surface area (Å²) >= 11 is 11.7. The highest BCUT2D eigenvalue weighted by molar-refractivity contribution is 6.36. The van der Waals surface area contributed by atoms with Gasteiger partial charge in [-0.3, -0.25) is 0 Å². The lowest BCUT2D eigenvalue weighted by Crippen LogP contribution is -2.17. The SMILES string of the molecule is CC[C@@H](O)[C@H](O)c1c(Cl)cccc1Cl. The Hall–Kier alpha value is -0.280. The van der Waals surface area contributed by atoms with Crippen molar-refractivity contribution in [2.45, 2.75) is 25.6 Å². The first kappa shape index (κ1) is 11.8. The third kappa shape index (κ3) is 2.39. The summed E-state index contributed by atoms with van der Waals surface area (Å²) in [7, 11) is 0. The molecular weight excluding hydrogens is 223 g/mol. The van der Waals surface area contributed by atoms with E-state index in [0.717, 1.165) is 0 Å². The monoisotopic (exact) mass is 234 g/mol. The van der Waals surface area contributed by atoms with Crippen molar-refractivity contribution in [3.63, 3.8) is 0 Å². The molecule has 0 amide bonds. The molecule has 0 saturated carbocycles. The van der Waals surface area contributed by atoms with E-state index in [0.29, 0.717) is 22.0 Å². The predicted molar refractivity (Wildman–Crippen MR) is 57.7 cm³/mol. The molecule has 0 aromatic heterocycles. The molecule has 2 nitrogen and oxygen atoms in total. The van der Waals surface area contributed by atoms with Crippen molar-refractivity contribution in [3.8, 4) is 0 Å². The number of halogens is 2. The van der Waals surface area contributed by atoms with Crippen LogP contribution in [0, 0.1) is 0 Å². The zero-order chi connectivity index (χ0) is 10.7. The van der Waals surface area contributed by atoms with Gasteiger partial charge in [-0.25, -0.2) is 0 Å². The van der Waals surface area contributed by atoms with E-state index in [-0.39, 0.29) is 0 Å². The van der Waals surface area contributed by atoms with Crippen molar-refractivity contribution < 1.29 is 10.2 Å². The van der Waals surface area contributed by atoms with E-state index in [4.69, 9.17) is 23.2 Å². The highest BCUT2D eigenvalue weighted by atomic mass is 35.5. The van der Waals surface area contributed by atoms with Crippen LogP contribution in [0.25, 0.3) is 0 Å². The molecule has 0 aliphatic heterocycles. The van der Waals surface area contributed by atoms with Gasteiger partial charge >= 0.3 is 0 Å². The number of aliphatic hydroxyl groups excluding tert-OH is 2. The Kier molecular flexibility index (Phi) is 4.20. The zero-order valence-electron chi connectivity index (χ0n) is 7.74. The predicted octanol–water partition coefficient (Wildman–Crippen LogP) is 2.80. The molecule has 0 saturated heterocycles. The third-order valence-electron chi connectivity index (χ3n) is 2.08. The minimum Gasteiger partial charge on any atom is -0.390 e. The van der Waals surface area contributed by atoms with Crippen molar-refractivity contribution in [2.24, 2.45) is 0 Å². The van der Waals surface area contributed by atoms with Gasteiger partial charge in [-0.1, -0.05) is 36.2 Å². The Balaban J connectivity index is 3.05. The third-order valence-corrected chi connectivity index (χ3v) is 2.74. The Labute approximate surface area is 93.1 Å². The van der Waals surface area contributed by atoms with Crippen LogP contribution in [0.4, 0.5) is 0 Å². The van der Waals surface area contributed by atoms with Crippen molar-refractivity contribution >= 4 is 23.2 Å². The van der Waals surface area contributed by atoms with Gasteiger partial charge in [-0.05, 0) is 18.6 Å². The molecule has 4 heteroatoms. The molecule has 0 aliphatic rings. The first-order valence-electron chi connectivity index (χ1n) is 4.38. The van der Waals surface area contributed by atoms with Crippen LogP contribution in [-0.2, 0) is 0 Å². The minimum atomic E-state index is -1.03. The van der Waals surface area contributed by atoms with Gasteiger partial charge in [0.25, 0.3) is 0 Å².